The van der Waals surface area contributed by atoms with E-state index in [1.807, 2.05) is 58.0 Å². The number of anilines is 1. The van der Waals surface area contributed by atoms with Gasteiger partial charge < -0.3 is 23.8 Å². The third kappa shape index (κ3) is 4.81. The molecule has 180 valence electrons. The Labute approximate surface area is 200 Å². The van der Waals surface area contributed by atoms with Gasteiger partial charge in [0.1, 0.15) is 17.9 Å². The van der Waals surface area contributed by atoms with E-state index in [1.54, 1.807) is 0 Å². The van der Waals surface area contributed by atoms with Gasteiger partial charge in [0.15, 0.2) is 0 Å². The molecule has 2 aromatic heterocycles. The van der Waals surface area contributed by atoms with Gasteiger partial charge in [0.05, 0.1) is 23.7 Å². The van der Waals surface area contributed by atoms with E-state index < -0.39 is 18.3 Å². The molecule has 0 radical (unpaired) electrons. The number of hydrogen-bond acceptors (Lipinski definition) is 8. The number of hydrogen-bond donors (Lipinski definition) is 1. The van der Waals surface area contributed by atoms with Crippen LogP contribution < -0.4 is 10.8 Å². The van der Waals surface area contributed by atoms with Crippen molar-refractivity contribution in [1.82, 2.24) is 9.97 Å². The summed E-state index contributed by atoms with van der Waals surface area (Å²) in [6.45, 7) is 8.81. The fourth-order valence-corrected chi connectivity index (χ4v) is 3.96. The molecule has 4 rings (SSSR count). The maximum atomic E-state index is 11.3. The molecule has 0 amide bonds. The van der Waals surface area contributed by atoms with E-state index >= 15 is 0 Å². The summed E-state index contributed by atoms with van der Waals surface area (Å²) in [5.74, 6) is 1.16. The molecule has 0 aliphatic carbocycles. The summed E-state index contributed by atoms with van der Waals surface area (Å²) < 4.78 is 23.8. The summed E-state index contributed by atoms with van der Waals surface area (Å²) >= 11 is 0. The average Bonchev–Trinajstić information content (AvgIpc) is 3.30. The van der Waals surface area contributed by atoms with Gasteiger partial charge in [-0.2, -0.15) is 0 Å². The molecule has 0 spiro atoms. The number of carbonyl (C=O) groups excluding carboxylic acids is 1. The Balaban J connectivity index is 1.65. The zero-order valence-electron chi connectivity index (χ0n) is 20.5. The predicted molar refractivity (Wildman–Crippen MR) is 132 cm³/mol. The Morgan fingerprint density at radius 3 is 2.41 bits per heavy atom. The van der Waals surface area contributed by atoms with Crippen LogP contribution in [0.25, 0.3) is 22.4 Å². The first kappa shape index (κ1) is 24.2. The lowest BCUT2D eigenvalue weighted by Gasteiger charge is -2.32. The summed E-state index contributed by atoms with van der Waals surface area (Å²) in [4.78, 5) is 20.2. The zero-order chi connectivity index (χ0) is 24.3. The fraction of sp³-hybridized carbons (Fsp3) is 0.480. The van der Waals surface area contributed by atoms with Gasteiger partial charge in [-0.05, 0) is 40.5 Å². The molecule has 1 aliphatic heterocycles. The summed E-state index contributed by atoms with van der Waals surface area (Å²) in [5.41, 5.74) is 1.18. The van der Waals surface area contributed by atoms with Crippen molar-refractivity contribution in [1.29, 1.82) is 0 Å². The number of nitrogens with one attached hydrogen (secondary N) is 1. The van der Waals surface area contributed by atoms with Gasteiger partial charge in [-0.3, -0.25) is 4.79 Å². The highest BCUT2D eigenvalue weighted by Gasteiger charge is 2.53. The highest BCUT2D eigenvalue weighted by molar-refractivity contribution is 6.67. The Morgan fingerprint density at radius 1 is 1.03 bits per heavy atom. The summed E-state index contributed by atoms with van der Waals surface area (Å²) in [6, 6.07) is 9.89. The van der Waals surface area contributed by atoms with Crippen molar-refractivity contribution in [3.8, 4) is 11.3 Å². The molecule has 3 heterocycles. The first-order chi connectivity index (χ1) is 16.2. The van der Waals surface area contributed by atoms with Crippen LogP contribution in [-0.2, 0) is 18.8 Å². The second kappa shape index (κ2) is 9.76. The van der Waals surface area contributed by atoms with Crippen molar-refractivity contribution in [2.45, 2.75) is 64.6 Å². The topological polar surface area (TPSA) is 95.7 Å². The minimum absolute atomic E-state index is 0.177. The van der Waals surface area contributed by atoms with Gasteiger partial charge in [-0.1, -0.05) is 36.8 Å². The number of carbonyl (C=O) groups is 1. The van der Waals surface area contributed by atoms with Gasteiger partial charge in [0.2, 0.25) is 5.71 Å². The Bertz CT molecular complexity index is 1130. The molecule has 8 nitrogen and oxygen atoms in total. The van der Waals surface area contributed by atoms with Crippen LogP contribution in [-0.4, -0.2) is 47.9 Å². The van der Waals surface area contributed by atoms with Crippen LogP contribution in [0, 0.1) is 0 Å². The van der Waals surface area contributed by atoms with Crippen LogP contribution in [0.1, 0.15) is 53.4 Å². The molecule has 0 saturated carbocycles. The first-order valence-electron chi connectivity index (χ1n) is 11.7. The minimum atomic E-state index is -0.631. The molecule has 9 heteroatoms. The number of aromatic nitrogens is 2. The summed E-state index contributed by atoms with van der Waals surface area (Å²) in [7, 11) is 0.782. The lowest BCUT2D eigenvalue weighted by Crippen LogP contribution is -2.41. The Morgan fingerprint density at radius 2 is 1.74 bits per heavy atom. The van der Waals surface area contributed by atoms with Crippen molar-refractivity contribution in [2.24, 2.45) is 0 Å². The smallest absolute Gasteiger partial charge is 0.469 e. The molecular weight excluding hydrogens is 433 g/mol. The number of esters is 1. The molecule has 1 saturated heterocycles. The SMILES string of the molecule is COC(=O)CCCCCNc1ncnc2oc(-c3ccccc3)c(B3OC(C)(C)C(C)(C)O3)c12. The van der Waals surface area contributed by atoms with Crippen molar-refractivity contribution >= 4 is 35.5 Å². The highest BCUT2D eigenvalue weighted by Crippen LogP contribution is 2.39. The number of unbranched alkanes of at least 4 members (excludes halogenated alkanes) is 2. The molecule has 3 aromatic rings. The molecule has 1 fully saturated rings. The van der Waals surface area contributed by atoms with E-state index in [0.717, 1.165) is 35.7 Å². The lowest BCUT2D eigenvalue weighted by molar-refractivity contribution is -0.140. The normalized spacial score (nSPS) is 16.7. The number of methoxy groups -OCH3 is 1. The maximum Gasteiger partial charge on any atom is 0.499 e. The quantitative estimate of drug-likeness (QED) is 0.283. The van der Waals surface area contributed by atoms with Crippen LogP contribution in [0.5, 0.6) is 0 Å². The zero-order valence-corrected chi connectivity index (χ0v) is 20.5. The van der Waals surface area contributed by atoms with Gasteiger partial charge in [-0.25, -0.2) is 9.97 Å². The number of benzene rings is 1. The average molecular weight is 465 g/mol. The number of fused-ring (bicyclic) bond motifs is 1. The summed E-state index contributed by atoms with van der Waals surface area (Å²) in [6.07, 6.45) is 4.51. The van der Waals surface area contributed by atoms with Crippen molar-refractivity contribution in [2.75, 3.05) is 19.0 Å². The lowest BCUT2D eigenvalue weighted by atomic mass is 9.76. The van der Waals surface area contributed by atoms with Crippen LogP contribution in [0.15, 0.2) is 41.1 Å². The molecule has 1 aliphatic rings. The molecular formula is C25H32BN3O5. The van der Waals surface area contributed by atoms with Gasteiger partial charge >= 0.3 is 13.1 Å². The minimum Gasteiger partial charge on any atom is -0.469 e. The van der Waals surface area contributed by atoms with Crippen LogP contribution in [0.2, 0.25) is 0 Å². The van der Waals surface area contributed by atoms with Crippen molar-refractivity contribution in [3.05, 3.63) is 36.7 Å². The summed E-state index contributed by atoms with van der Waals surface area (Å²) in [5, 5.41) is 4.18. The molecule has 0 unspecified atom stereocenters. The predicted octanol–water partition coefficient (Wildman–Crippen LogP) is 4.33. The van der Waals surface area contributed by atoms with E-state index in [1.165, 1.54) is 13.4 Å². The second-order valence-corrected chi connectivity index (χ2v) is 9.52. The highest BCUT2D eigenvalue weighted by atomic mass is 16.7. The molecule has 1 aromatic carbocycles. The van der Waals surface area contributed by atoms with E-state index in [2.05, 4.69) is 15.3 Å². The van der Waals surface area contributed by atoms with E-state index in [9.17, 15) is 4.79 Å². The van der Waals surface area contributed by atoms with Crippen LogP contribution in [0.4, 0.5) is 5.82 Å². The van der Waals surface area contributed by atoms with Gasteiger partial charge in [0, 0.05) is 24.0 Å². The number of ether oxygens (including phenoxy) is 1. The molecule has 34 heavy (non-hydrogen) atoms. The Kier molecular flexibility index (Phi) is 6.95. The van der Waals surface area contributed by atoms with E-state index in [4.69, 9.17) is 18.5 Å². The third-order valence-corrected chi connectivity index (χ3v) is 6.63. The largest absolute Gasteiger partial charge is 0.499 e. The third-order valence-electron chi connectivity index (χ3n) is 6.63. The van der Waals surface area contributed by atoms with Gasteiger partial charge in [0.25, 0.3) is 0 Å². The fourth-order valence-electron chi connectivity index (χ4n) is 3.96. The standard InChI is InChI=1S/C25H32BN3O5/c1-24(2)25(3,4)34-26(33-24)20-19-22(27-15-11-7-10-14-18(30)31-5)28-16-29-23(19)32-21(20)17-12-8-6-9-13-17/h6,8-9,12-13,16H,7,10-11,14-15H2,1-5H3,(H,27,28,29). The molecule has 1 N–H and O–H groups in total. The van der Waals surface area contributed by atoms with E-state index in [0.29, 0.717) is 30.3 Å². The van der Waals surface area contributed by atoms with Crippen molar-refractivity contribution < 1.29 is 23.3 Å². The monoisotopic (exact) mass is 465 g/mol. The molecule has 0 atom stereocenters. The van der Waals surface area contributed by atoms with Gasteiger partial charge in [-0.15, -0.1) is 0 Å². The molecule has 0 bridgehead atoms. The maximum absolute atomic E-state index is 11.3. The first-order valence-corrected chi connectivity index (χ1v) is 11.7. The van der Waals surface area contributed by atoms with Crippen LogP contribution in [0.3, 0.4) is 0 Å². The Hall–Kier alpha value is -2.91. The number of furan rings is 1. The van der Waals surface area contributed by atoms with Crippen LogP contribution >= 0.6 is 0 Å². The second-order valence-electron chi connectivity index (χ2n) is 9.52. The number of nitrogens with zero attached hydrogens (tertiary/aromatic N) is 2. The number of rotatable bonds is 9. The van der Waals surface area contributed by atoms with E-state index in [-0.39, 0.29) is 5.97 Å². The van der Waals surface area contributed by atoms with Crippen molar-refractivity contribution in [3.63, 3.8) is 0 Å².